The third kappa shape index (κ3) is 7.69. The summed E-state index contributed by atoms with van der Waals surface area (Å²) in [6.07, 6.45) is 6.05. The fourth-order valence-electron chi connectivity index (χ4n) is 1.06. The Bertz CT molecular complexity index is 213. The highest BCUT2D eigenvalue weighted by molar-refractivity contribution is 14.1. The van der Waals surface area contributed by atoms with E-state index in [1.54, 1.807) is 22.6 Å². The van der Waals surface area contributed by atoms with Crippen molar-refractivity contribution in [1.29, 1.82) is 0 Å². The van der Waals surface area contributed by atoms with Gasteiger partial charge in [-0.3, -0.25) is 4.55 Å². The second-order valence-electron chi connectivity index (χ2n) is 3.13. The van der Waals surface area contributed by atoms with Crippen LogP contribution in [0.5, 0.6) is 0 Å². The molecule has 0 spiro atoms. The van der Waals surface area contributed by atoms with Gasteiger partial charge in [0.25, 0.3) is 10.1 Å². The molecule has 5 heteroatoms. The van der Waals surface area contributed by atoms with Crippen LogP contribution < -0.4 is 0 Å². The molecule has 0 rings (SSSR count). The predicted octanol–water partition coefficient (Wildman–Crippen LogP) is 3.00. The highest BCUT2D eigenvalue weighted by atomic mass is 127. The van der Waals surface area contributed by atoms with E-state index in [9.17, 15) is 8.42 Å². The average Bonchev–Trinajstić information content (AvgIpc) is 2.02. The van der Waals surface area contributed by atoms with Crippen LogP contribution >= 0.6 is 22.6 Å². The van der Waals surface area contributed by atoms with Crippen molar-refractivity contribution < 1.29 is 13.0 Å². The molecule has 0 bridgehead atoms. The van der Waals surface area contributed by atoms with Gasteiger partial charge < -0.3 is 0 Å². The molecule has 0 aromatic rings. The summed E-state index contributed by atoms with van der Waals surface area (Å²) < 4.78 is 29.2. The van der Waals surface area contributed by atoms with Gasteiger partial charge in [0.1, 0.15) is 3.26 Å². The third-order valence-corrected chi connectivity index (χ3v) is 5.29. The normalized spacial score (nSPS) is 14.4. The molecular formula is C8H17IO3S. The molecule has 0 heterocycles. The van der Waals surface area contributed by atoms with E-state index in [1.807, 2.05) is 0 Å². The topological polar surface area (TPSA) is 54.4 Å². The molecule has 0 saturated carbocycles. The molecule has 0 saturated heterocycles. The van der Waals surface area contributed by atoms with Gasteiger partial charge in [0, 0.05) is 0 Å². The largest absolute Gasteiger partial charge is 0.285 e. The second kappa shape index (κ2) is 7.00. The van der Waals surface area contributed by atoms with Crippen molar-refractivity contribution >= 4 is 32.7 Å². The molecule has 0 aliphatic carbocycles. The Morgan fingerprint density at radius 3 is 2.23 bits per heavy atom. The molecule has 1 unspecified atom stereocenters. The van der Waals surface area contributed by atoms with Gasteiger partial charge in [-0.05, 0) is 6.42 Å². The average molecular weight is 320 g/mol. The van der Waals surface area contributed by atoms with Crippen LogP contribution in [-0.2, 0) is 10.1 Å². The van der Waals surface area contributed by atoms with E-state index in [0.29, 0.717) is 6.42 Å². The van der Waals surface area contributed by atoms with Crippen LogP contribution in [0.3, 0.4) is 0 Å². The standard InChI is InChI=1S/C8H17IO3S/c1-2-3-4-5-6-7-8(9)13(10,11)12/h8H,2-7H2,1H3,(H,10,11,12). The Hall–Kier alpha value is 0.640. The van der Waals surface area contributed by atoms with E-state index >= 15 is 0 Å². The van der Waals surface area contributed by atoms with Crippen molar-refractivity contribution in [2.24, 2.45) is 0 Å². The van der Waals surface area contributed by atoms with Crippen molar-refractivity contribution in [2.45, 2.75) is 48.7 Å². The molecule has 1 atom stereocenters. The van der Waals surface area contributed by atoms with Gasteiger partial charge >= 0.3 is 0 Å². The molecule has 0 fully saturated rings. The zero-order valence-electron chi connectivity index (χ0n) is 7.87. The van der Waals surface area contributed by atoms with Gasteiger partial charge in [0.2, 0.25) is 0 Å². The van der Waals surface area contributed by atoms with Crippen LogP contribution in [0.15, 0.2) is 0 Å². The third-order valence-electron chi connectivity index (χ3n) is 1.86. The zero-order chi connectivity index (χ0) is 10.3. The molecule has 3 nitrogen and oxygen atoms in total. The quantitative estimate of drug-likeness (QED) is 0.340. The monoisotopic (exact) mass is 320 g/mol. The molecule has 0 aromatic heterocycles. The number of hydrogen-bond acceptors (Lipinski definition) is 2. The van der Waals surface area contributed by atoms with Gasteiger partial charge in [-0.25, -0.2) is 0 Å². The van der Waals surface area contributed by atoms with E-state index in [0.717, 1.165) is 19.3 Å². The predicted molar refractivity (Wildman–Crippen MR) is 62.7 cm³/mol. The zero-order valence-corrected chi connectivity index (χ0v) is 10.8. The summed E-state index contributed by atoms with van der Waals surface area (Å²) in [6.45, 7) is 2.14. The maximum absolute atomic E-state index is 10.6. The Labute approximate surface area is 94.2 Å². The van der Waals surface area contributed by atoms with Crippen molar-refractivity contribution in [3.8, 4) is 0 Å². The van der Waals surface area contributed by atoms with Gasteiger partial charge in [0.15, 0.2) is 0 Å². The maximum Gasteiger partial charge on any atom is 0.277 e. The fraction of sp³-hybridized carbons (Fsp3) is 1.00. The van der Waals surface area contributed by atoms with Gasteiger partial charge in [-0.2, -0.15) is 8.42 Å². The molecule has 0 aliphatic heterocycles. The van der Waals surface area contributed by atoms with E-state index in [-0.39, 0.29) is 0 Å². The minimum Gasteiger partial charge on any atom is -0.285 e. The maximum atomic E-state index is 10.6. The van der Waals surface area contributed by atoms with Gasteiger partial charge in [-0.1, -0.05) is 61.6 Å². The van der Waals surface area contributed by atoms with Crippen molar-refractivity contribution in [3.63, 3.8) is 0 Å². The summed E-state index contributed by atoms with van der Waals surface area (Å²) in [7, 11) is -3.81. The number of hydrogen-bond donors (Lipinski definition) is 1. The fourth-order valence-corrected chi connectivity index (χ4v) is 1.96. The Morgan fingerprint density at radius 2 is 1.77 bits per heavy atom. The Kier molecular flexibility index (Phi) is 7.35. The minimum atomic E-state index is -3.81. The minimum absolute atomic E-state index is 0.559. The van der Waals surface area contributed by atoms with Crippen molar-refractivity contribution in [3.05, 3.63) is 0 Å². The highest BCUT2D eigenvalue weighted by Crippen LogP contribution is 2.17. The summed E-state index contributed by atoms with van der Waals surface area (Å²) in [5.41, 5.74) is 0. The molecule has 13 heavy (non-hydrogen) atoms. The lowest BCUT2D eigenvalue weighted by Crippen LogP contribution is -2.12. The molecule has 0 aliphatic rings. The summed E-state index contributed by atoms with van der Waals surface area (Å²) in [5, 5.41) is 0. The Morgan fingerprint density at radius 1 is 1.23 bits per heavy atom. The smallest absolute Gasteiger partial charge is 0.277 e. The van der Waals surface area contributed by atoms with Crippen LogP contribution in [-0.4, -0.2) is 16.2 Å². The Balaban J connectivity index is 3.44. The van der Waals surface area contributed by atoms with E-state index in [1.165, 1.54) is 12.8 Å². The SMILES string of the molecule is CCCCCCCC(I)S(=O)(=O)O. The molecule has 0 aromatic carbocycles. The summed E-state index contributed by atoms with van der Waals surface area (Å²) in [4.78, 5) is 0. The van der Waals surface area contributed by atoms with Crippen LogP contribution in [0.25, 0.3) is 0 Å². The van der Waals surface area contributed by atoms with Crippen LogP contribution in [0.1, 0.15) is 45.4 Å². The highest BCUT2D eigenvalue weighted by Gasteiger charge is 2.17. The van der Waals surface area contributed by atoms with Crippen molar-refractivity contribution in [2.75, 3.05) is 0 Å². The summed E-state index contributed by atoms with van der Waals surface area (Å²) in [6, 6.07) is 0. The molecular weight excluding hydrogens is 303 g/mol. The lowest BCUT2D eigenvalue weighted by molar-refractivity contribution is 0.476. The summed E-state index contributed by atoms with van der Waals surface area (Å²) >= 11 is 1.77. The first-order valence-electron chi connectivity index (χ1n) is 4.59. The number of unbranched alkanes of at least 4 members (excludes halogenated alkanes) is 4. The van der Waals surface area contributed by atoms with Crippen molar-refractivity contribution in [1.82, 2.24) is 0 Å². The molecule has 0 amide bonds. The van der Waals surface area contributed by atoms with Gasteiger partial charge in [0.05, 0.1) is 0 Å². The lowest BCUT2D eigenvalue weighted by Gasteiger charge is -2.05. The molecule has 1 N–H and O–H groups in total. The van der Waals surface area contributed by atoms with Gasteiger partial charge in [-0.15, -0.1) is 0 Å². The van der Waals surface area contributed by atoms with Crippen LogP contribution in [0.4, 0.5) is 0 Å². The number of rotatable bonds is 7. The van der Waals surface area contributed by atoms with Crippen LogP contribution in [0.2, 0.25) is 0 Å². The first-order valence-corrected chi connectivity index (χ1v) is 7.33. The second-order valence-corrected chi connectivity index (χ2v) is 7.08. The van der Waals surface area contributed by atoms with E-state index < -0.39 is 13.4 Å². The lowest BCUT2D eigenvalue weighted by atomic mass is 10.1. The molecule has 0 radical (unpaired) electrons. The molecule has 80 valence electrons. The first-order chi connectivity index (χ1) is 5.98. The van der Waals surface area contributed by atoms with Crippen LogP contribution in [0, 0.1) is 0 Å². The summed E-state index contributed by atoms with van der Waals surface area (Å²) in [5.74, 6) is 0. The number of halogens is 1. The first kappa shape index (κ1) is 13.6. The van der Waals surface area contributed by atoms with E-state index in [2.05, 4.69) is 6.92 Å². The van der Waals surface area contributed by atoms with E-state index in [4.69, 9.17) is 4.55 Å². The number of alkyl halides is 1.